The number of benzene rings is 4. The molecule has 1 heterocycles. The summed E-state index contributed by atoms with van der Waals surface area (Å²) < 4.78 is 102. The number of carbonyl (C=O) groups is 3. The number of ether oxygens (including phenoxy) is 6. The van der Waals surface area contributed by atoms with Gasteiger partial charge in [0.1, 0.15) is 45.6 Å². The quantitative estimate of drug-likeness (QED) is 0.125. The lowest BCUT2D eigenvalue weighted by Gasteiger charge is -2.23. The minimum atomic E-state index is -4.78. The third-order valence-corrected chi connectivity index (χ3v) is 12.2. The van der Waals surface area contributed by atoms with Gasteiger partial charge in [0.05, 0.1) is 18.3 Å². The van der Waals surface area contributed by atoms with Crippen LogP contribution in [-0.2, 0) is 26.4 Å². The van der Waals surface area contributed by atoms with Crippen molar-refractivity contribution in [3.8, 4) is 34.5 Å². The molecule has 55 heavy (non-hydrogen) atoms. The van der Waals surface area contributed by atoms with Gasteiger partial charge in [-0.3, -0.25) is 4.79 Å². The monoisotopic (exact) mass is 808 g/mol. The van der Waals surface area contributed by atoms with E-state index in [2.05, 4.69) is 9.47 Å². The largest absolute Gasteiger partial charge is 0.573 e. The molecule has 1 fully saturated rings. The van der Waals surface area contributed by atoms with Crippen molar-refractivity contribution < 1.29 is 69.1 Å². The van der Waals surface area contributed by atoms with Gasteiger partial charge in [-0.15, -0.1) is 49.9 Å². The molecule has 290 valence electrons. The third-order valence-electron chi connectivity index (χ3n) is 8.67. The van der Waals surface area contributed by atoms with Gasteiger partial charge in [-0.1, -0.05) is 6.07 Å². The Labute approximate surface area is 318 Å². The van der Waals surface area contributed by atoms with Crippen LogP contribution in [0.1, 0.15) is 60.6 Å². The van der Waals surface area contributed by atoms with Crippen molar-refractivity contribution in [2.24, 2.45) is 0 Å². The first-order chi connectivity index (χ1) is 26.1. The van der Waals surface area contributed by atoms with E-state index in [1.165, 1.54) is 44.6 Å². The standard InChI is InChI=1S/C20H17F3O4S2.C18H13F3O5/c1-25-18(24)17-14-8-9-19(28-10-11-29-19)15(14)6-7-16(17)26-12-2-4-13(5-3-12)27-20(21,22)23;1-24-17(23)16-13-6-8-14(22)12(13)7-9-15(16)25-10-2-4-11(5-3-10)26-18(19,20)21/h2-7H,8-11H2,1H3;2-5,7,9H,6,8H2,1H3. The molecular weight excluding hydrogens is 779 g/mol. The number of alkyl halides is 6. The number of fused-ring (bicyclic) bond motifs is 3. The van der Waals surface area contributed by atoms with Crippen molar-refractivity contribution in [2.75, 3.05) is 25.7 Å². The van der Waals surface area contributed by atoms with Crippen molar-refractivity contribution in [3.05, 3.63) is 106 Å². The molecule has 3 aliphatic rings. The predicted molar refractivity (Wildman–Crippen MR) is 190 cm³/mol. The summed E-state index contributed by atoms with van der Waals surface area (Å²) in [6.07, 6.45) is -7.16. The lowest BCUT2D eigenvalue weighted by Crippen LogP contribution is -2.16. The van der Waals surface area contributed by atoms with Gasteiger partial charge in [0.2, 0.25) is 0 Å². The maximum atomic E-state index is 12.5. The maximum absolute atomic E-state index is 12.5. The zero-order chi connectivity index (χ0) is 39.5. The van der Waals surface area contributed by atoms with Gasteiger partial charge in [0, 0.05) is 23.5 Å². The normalized spacial score (nSPS) is 15.4. The van der Waals surface area contributed by atoms with E-state index in [9.17, 15) is 40.7 Å². The van der Waals surface area contributed by atoms with Gasteiger partial charge in [0.25, 0.3) is 0 Å². The molecule has 4 aromatic carbocycles. The summed E-state index contributed by atoms with van der Waals surface area (Å²) in [5.74, 6) is 1.19. The van der Waals surface area contributed by atoms with Crippen molar-refractivity contribution in [3.63, 3.8) is 0 Å². The van der Waals surface area contributed by atoms with Crippen molar-refractivity contribution in [1.29, 1.82) is 0 Å². The second-order valence-corrected chi connectivity index (χ2v) is 15.1. The van der Waals surface area contributed by atoms with Gasteiger partial charge < -0.3 is 28.4 Å². The molecule has 0 aromatic heterocycles. The molecule has 0 saturated carbocycles. The first-order valence-corrected chi connectivity index (χ1v) is 18.4. The Bertz CT molecular complexity index is 2080. The molecule has 0 N–H and O–H groups in total. The van der Waals surface area contributed by atoms with Gasteiger partial charge in [0.15, 0.2) is 5.78 Å². The fraction of sp³-hybridized carbons (Fsp3) is 0.289. The smallest absolute Gasteiger partial charge is 0.465 e. The topological polar surface area (TPSA) is 107 Å². The lowest BCUT2D eigenvalue weighted by atomic mass is 10.0. The highest BCUT2D eigenvalue weighted by Gasteiger charge is 2.45. The average molecular weight is 809 g/mol. The van der Waals surface area contributed by atoms with E-state index in [4.69, 9.17) is 18.9 Å². The van der Waals surface area contributed by atoms with Gasteiger partial charge >= 0.3 is 24.7 Å². The molecule has 0 bridgehead atoms. The van der Waals surface area contributed by atoms with Crippen LogP contribution in [0.3, 0.4) is 0 Å². The van der Waals surface area contributed by atoms with Crippen LogP contribution in [0.25, 0.3) is 0 Å². The molecule has 1 spiro atoms. The number of esters is 2. The van der Waals surface area contributed by atoms with E-state index in [1.54, 1.807) is 12.1 Å². The fourth-order valence-electron chi connectivity index (χ4n) is 6.44. The summed E-state index contributed by atoms with van der Waals surface area (Å²) in [7, 11) is 2.53. The summed E-state index contributed by atoms with van der Waals surface area (Å²) in [6, 6.07) is 16.5. The summed E-state index contributed by atoms with van der Waals surface area (Å²) in [5, 5.41) is 0. The Kier molecular flexibility index (Phi) is 11.5. The lowest BCUT2D eigenvalue weighted by molar-refractivity contribution is -0.275. The second kappa shape index (κ2) is 16.0. The number of rotatable bonds is 8. The van der Waals surface area contributed by atoms with Gasteiger partial charge in [-0.05, 0) is 103 Å². The molecule has 0 atom stereocenters. The summed E-state index contributed by atoms with van der Waals surface area (Å²) in [6.45, 7) is 0. The fourth-order valence-corrected chi connectivity index (χ4v) is 9.78. The van der Waals surface area contributed by atoms with Crippen LogP contribution in [0, 0.1) is 0 Å². The van der Waals surface area contributed by atoms with Gasteiger partial charge in [-0.25, -0.2) is 9.59 Å². The zero-order valence-electron chi connectivity index (χ0n) is 28.9. The number of hydrogen-bond acceptors (Lipinski definition) is 11. The van der Waals surface area contributed by atoms with E-state index in [-0.39, 0.29) is 32.7 Å². The third kappa shape index (κ3) is 9.10. The molecule has 0 radical (unpaired) electrons. The van der Waals surface area contributed by atoms with Crippen molar-refractivity contribution in [2.45, 2.75) is 42.5 Å². The minimum absolute atomic E-state index is 0.0206. The molecule has 1 saturated heterocycles. The highest BCUT2D eigenvalue weighted by molar-refractivity contribution is 8.20. The van der Waals surface area contributed by atoms with E-state index in [0.29, 0.717) is 41.0 Å². The molecule has 17 heteroatoms. The molecular formula is C38H30F6O9S2. The van der Waals surface area contributed by atoms with E-state index < -0.39 is 30.4 Å². The van der Waals surface area contributed by atoms with Gasteiger partial charge in [-0.2, -0.15) is 0 Å². The summed E-state index contributed by atoms with van der Waals surface area (Å²) >= 11 is 3.81. The molecule has 0 amide bonds. The maximum Gasteiger partial charge on any atom is 0.573 e. The average Bonchev–Trinajstić information content (AvgIpc) is 3.87. The van der Waals surface area contributed by atoms with Crippen LogP contribution in [0.2, 0.25) is 0 Å². The highest BCUT2D eigenvalue weighted by atomic mass is 32.2. The number of carbonyl (C=O) groups excluding carboxylic acids is 3. The van der Waals surface area contributed by atoms with E-state index in [0.717, 1.165) is 59.7 Å². The van der Waals surface area contributed by atoms with E-state index in [1.807, 2.05) is 29.6 Å². The highest BCUT2D eigenvalue weighted by Crippen LogP contribution is 2.60. The molecule has 1 aliphatic heterocycles. The van der Waals surface area contributed by atoms with Crippen LogP contribution in [0.4, 0.5) is 26.3 Å². The Morgan fingerprint density at radius 3 is 1.53 bits per heavy atom. The minimum Gasteiger partial charge on any atom is -0.465 e. The molecule has 0 unspecified atom stereocenters. The second-order valence-electron chi connectivity index (χ2n) is 12.0. The Hall–Kier alpha value is -5.03. The first-order valence-electron chi connectivity index (χ1n) is 16.5. The summed E-state index contributed by atoms with van der Waals surface area (Å²) in [4.78, 5) is 36.5. The Morgan fingerprint density at radius 2 is 1.05 bits per heavy atom. The molecule has 7 rings (SSSR count). The Balaban J connectivity index is 0.000000188. The van der Waals surface area contributed by atoms with Crippen LogP contribution in [0.15, 0.2) is 72.8 Å². The number of halogens is 6. The molecule has 2 aliphatic carbocycles. The van der Waals surface area contributed by atoms with Crippen LogP contribution in [0.5, 0.6) is 34.5 Å². The van der Waals surface area contributed by atoms with Crippen molar-refractivity contribution in [1.82, 2.24) is 0 Å². The SMILES string of the molecule is COC(=O)c1c(Oc2ccc(OC(F)(F)F)cc2)ccc2c1CCC21SCCS1.COC(=O)c1c(Oc2ccc(OC(F)(F)F)cc2)ccc2c1CCC2=O. The van der Waals surface area contributed by atoms with Crippen LogP contribution in [-0.4, -0.2) is 56.2 Å². The number of hydrogen-bond donors (Lipinski definition) is 0. The Morgan fingerprint density at radius 1 is 0.600 bits per heavy atom. The number of ketones is 1. The number of Topliss-reactive ketones (excluding diaryl/α,β-unsaturated/α-hetero) is 1. The zero-order valence-corrected chi connectivity index (χ0v) is 30.6. The first kappa shape index (κ1) is 39.7. The van der Waals surface area contributed by atoms with Crippen LogP contribution < -0.4 is 18.9 Å². The van der Waals surface area contributed by atoms with E-state index >= 15 is 0 Å². The van der Waals surface area contributed by atoms with Crippen LogP contribution >= 0.6 is 23.5 Å². The number of methoxy groups -OCH3 is 2. The number of thioether (sulfide) groups is 2. The molecule has 9 nitrogen and oxygen atoms in total. The van der Waals surface area contributed by atoms with Crippen molar-refractivity contribution >= 4 is 41.2 Å². The predicted octanol–water partition coefficient (Wildman–Crippen LogP) is 10.0. The summed E-state index contributed by atoms with van der Waals surface area (Å²) in [5.41, 5.74) is 3.58. The molecule has 4 aromatic rings.